The molecule has 2 aromatic heterocycles. The van der Waals surface area contributed by atoms with Gasteiger partial charge in [0, 0.05) is 43.5 Å². The third kappa shape index (κ3) is 3.87. The smallest absolute Gasteiger partial charge is 0.262 e. The number of benzene rings is 1. The van der Waals surface area contributed by atoms with E-state index in [1.165, 1.54) is 0 Å². The van der Waals surface area contributed by atoms with E-state index >= 15 is 0 Å². The van der Waals surface area contributed by atoms with Gasteiger partial charge in [-0.15, -0.1) is 0 Å². The number of hydrogen-bond donors (Lipinski definition) is 2. The predicted molar refractivity (Wildman–Crippen MR) is 131 cm³/mol. The van der Waals surface area contributed by atoms with Crippen LogP contribution in [-0.2, 0) is 4.79 Å². The molecule has 2 atom stereocenters. The number of likely N-dealkylation sites (tertiary alicyclic amines) is 1. The standard InChI is InChI=1S/C25H29N7O3/c1-15-12-32-21(28-24(15)30-10-8-16(26)13-30)11-19(29-32)20-7-2-3-9-31(20)25(34)17-5-4-6-18-23(17)35-14-22(33)27-18/h4-6,11-12,16,20H,2-3,7-10,13-14,26H2,1H3,(H,27,33). The molecule has 10 nitrogen and oxygen atoms in total. The number of anilines is 2. The van der Waals surface area contributed by atoms with Crippen LogP contribution in [0.3, 0.4) is 0 Å². The molecule has 2 amide bonds. The Kier molecular flexibility index (Phi) is 5.32. The molecule has 3 aliphatic heterocycles. The van der Waals surface area contributed by atoms with Crippen LogP contribution in [0.2, 0.25) is 0 Å². The van der Waals surface area contributed by atoms with Crippen molar-refractivity contribution in [1.29, 1.82) is 0 Å². The molecule has 3 aliphatic rings. The lowest BCUT2D eigenvalue weighted by molar-refractivity contribution is -0.118. The van der Waals surface area contributed by atoms with E-state index in [0.29, 0.717) is 23.5 Å². The second kappa shape index (κ2) is 8.53. The monoisotopic (exact) mass is 475 g/mol. The molecular formula is C25H29N7O3. The lowest BCUT2D eigenvalue weighted by atomic mass is 9.97. The third-order valence-electron chi connectivity index (χ3n) is 7.12. The number of aromatic nitrogens is 3. The number of piperidine rings is 1. The second-order valence-corrected chi connectivity index (χ2v) is 9.64. The summed E-state index contributed by atoms with van der Waals surface area (Å²) in [5.41, 5.74) is 9.75. The molecule has 1 aromatic carbocycles. The third-order valence-corrected chi connectivity index (χ3v) is 7.12. The summed E-state index contributed by atoms with van der Waals surface area (Å²) in [6.07, 6.45) is 5.75. The summed E-state index contributed by atoms with van der Waals surface area (Å²) >= 11 is 0. The number of nitrogens with zero attached hydrogens (tertiary/aromatic N) is 5. The van der Waals surface area contributed by atoms with E-state index in [-0.39, 0.29) is 30.5 Å². The van der Waals surface area contributed by atoms with Gasteiger partial charge in [-0.2, -0.15) is 5.10 Å². The molecule has 5 heterocycles. The number of nitrogens with two attached hydrogens (primary N) is 1. The fourth-order valence-electron chi connectivity index (χ4n) is 5.40. The van der Waals surface area contributed by atoms with Crippen LogP contribution in [0, 0.1) is 6.92 Å². The molecule has 182 valence electrons. The molecule has 0 saturated carbocycles. The van der Waals surface area contributed by atoms with Crippen molar-refractivity contribution in [3.05, 3.63) is 47.3 Å². The molecule has 3 aromatic rings. The summed E-state index contributed by atoms with van der Waals surface area (Å²) in [5.74, 6) is 1.04. The van der Waals surface area contributed by atoms with E-state index < -0.39 is 0 Å². The van der Waals surface area contributed by atoms with Crippen LogP contribution in [0.4, 0.5) is 11.5 Å². The maximum atomic E-state index is 13.7. The van der Waals surface area contributed by atoms with Crippen LogP contribution < -0.4 is 20.7 Å². The highest BCUT2D eigenvalue weighted by atomic mass is 16.5. The minimum atomic E-state index is -0.222. The van der Waals surface area contributed by atoms with E-state index in [4.69, 9.17) is 20.6 Å². The summed E-state index contributed by atoms with van der Waals surface area (Å²) < 4.78 is 7.46. The highest BCUT2D eigenvalue weighted by molar-refractivity contribution is 6.03. The Labute approximate surface area is 203 Å². The number of fused-ring (bicyclic) bond motifs is 2. The molecule has 6 rings (SSSR count). The molecule has 2 saturated heterocycles. The highest BCUT2D eigenvalue weighted by Gasteiger charge is 2.33. The van der Waals surface area contributed by atoms with Gasteiger partial charge in [-0.1, -0.05) is 6.07 Å². The van der Waals surface area contributed by atoms with E-state index in [1.54, 1.807) is 18.2 Å². The number of aryl methyl sites for hydroxylation is 1. The Morgan fingerprint density at radius 3 is 2.94 bits per heavy atom. The number of amides is 2. The van der Waals surface area contributed by atoms with E-state index in [0.717, 1.165) is 61.5 Å². The summed E-state index contributed by atoms with van der Waals surface area (Å²) in [7, 11) is 0. The summed E-state index contributed by atoms with van der Waals surface area (Å²) in [6, 6.07) is 7.28. The van der Waals surface area contributed by atoms with Crippen molar-refractivity contribution in [2.24, 2.45) is 5.73 Å². The first-order chi connectivity index (χ1) is 17.0. The van der Waals surface area contributed by atoms with Crippen molar-refractivity contribution < 1.29 is 14.3 Å². The van der Waals surface area contributed by atoms with Gasteiger partial charge in [-0.05, 0) is 44.7 Å². The number of ether oxygens (including phenoxy) is 1. The minimum absolute atomic E-state index is 0.0948. The van der Waals surface area contributed by atoms with Gasteiger partial charge in [-0.25, -0.2) is 9.50 Å². The van der Waals surface area contributed by atoms with E-state index in [1.807, 2.05) is 28.6 Å². The van der Waals surface area contributed by atoms with Gasteiger partial charge >= 0.3 is 0 Å². The summed E-state index contributed by atoms with van der Waals surface area (Å²) in [4.78, 5) is 34.5. The summed E-state index contributed by atoms with van der Waals surface area (Å²) in [5, 5.41) is 7.62. The first-order valence-corrected chi connectivity index (χ1v) is 12.2. The zero-order valence-corrected chi connectivity index (χ0v) is 19.7. The van der Waals surface area contributed by atoms with Crippen LogP contribution in [0.15, 0.2) is 30.5 Å². The van der Waals surface area contributed by atoms with Crippen molar-refractivity contribution in [1.82, 2.24) is 19.5 Å². The fraction of sp³-hybridized carbons (Fsp3) is 0.440. The lowest BCUT2D eigenvalue weighted by Gasteiger charge is -2.35. The summed E-state index contributed by atoms with van der Waals surface area (Å²) in [6.45, 7) is 4.29. The van der Waals surface area contributed by atoms with Crippen molar-refractivity contribution in [2.45, 2.75) is 44.7 Å². The average molecular weight is 476 g/mol. The van der Waals surface area contributed by atoms with E-state index in [9.17, 15) is 9.59 Å². The Morgan fingerprint density at radius 1 is 1.23 bits per heavy atom. The predicted octanol–water partition coefficient (Wildman–Crippen LogP) is 2.27. The topological polar surface area (TPSA) is 118 Å². The molecular weight excluding hydrogens is 446 g/mol. The van der Waals surface area contributed by atoms with Crippen LogP contribution in [0.25, 0.3) is 5.65 Å². The molecule has 0 bridgehead atoms. The number of hydrogen-bond acceptors (Lipinski definition) is 7. The van der Waals surface area contributed by atoms with Gasteiger partial charge < -0.3 is 25.6 Å². The normalized spacial score (nSPS) is 22.2. The molecule has 0 radical (unpaired) electrons. The largest absolute Gasteiger partial charge is 0.481 e. The molecule has 0 aliphatic carbocycles. The van der Waals surface area contributed by atoms with E-state index in [2.05, 4.69) is 10.2 Å². The maximum Gasteiger partial charge on any atom is 0.262 e. The number of para-hydroxylation sites is 1. The van der Waals surface area contributed by atoms with Gasteiger partial charge in [0.2, 0.25) is 0 Å². The molecule has 35 heavy (non-hydrogen) atoms. The number of nitrogens with one attached hydrogen (secondary N) is 1. The first kappa shape index (κ1) is 21.8. The molecule has 3 N–H and O–H groups in total. The van der Waals surface area contributed by atoms with Crippen molar-refractivity contribution in [3.63, 3.8) is 0 Å². The Balaban J connectivity index is 1.33. The van der Waals surface area contributed by atoms with Gasteiger partial charge in [0.15, 0.2) is 18.0 Å². The van der Waals surface area contributed by atoms with Gasteiger partial charge in [0.05, 0.1) is 23.0 Å². The van der Waals surface area contributed by atoms with Gasteiger partial charge in [0.25, 0.3) is 11.8 Å². The van der Waals surface area contributed by atoms with Crippen LogP contribution in [-0.4, -0.2) is 63.6 Å². The van der Waals surface area contributed by atoms with Crippen LogP contribution in [0.1, 0.15) is 53.3 Å². The van der Waals surface area contributed by atoms with Crippen molar-refractivity contribution in [2.75, 3.05) is 36.5 Å². The first-order valence-electron chi connectivity index (χ1n) is 12.2. The number of carbonyl (C=O) groups excluding carboxylic acids is 2. The second-order valence-electron chi connectivity index (χ2n) is 9.64. The highest BCUT2D eigenvalue weighted by Crippen LogP contribution is 2.37. The average Bonchev–Trinajstić information content (AvgIpc) is 3.48. The lowest BCUT2D eigenvalue weighted by Crippen LogP contribution is -2.39. The number of carbonyl (C=O) groups is 2. The minimum Gasteiger partial charge on any atom is -0.481 e. The van der Waals surface area contributed by atoms with Crippen molar-refractivity contribution in [3.8, 4) is 5.75 Å². The van der Waals surface area contributed by atoms with Crippen LogP contribution in [0.5, 0.6) is 5.75 Å². The number of rotatable bonds is 3. The Hall–Kier alpha value is -3.66. The molecule has 10 heteroatoms. The maximum absolute atomic E-state index is 13.7. The zero-order valence-electron chi connectivity index (χ0n) is 19.7. The SMILES string of the molecule is Cc1cn2nc(C3CCCCN3C(=O)c3cccc4c3OCC(=O)N4)cc2nc1N1CCC(N)C1. The Bertz CT molecular complexity index is 1320. The Morgan fingerprint density at radius 2 is 2.11 bits per heavy atom. The fourth-order valence-corrected chi connectivity index (χ4v) is 5.40. The van der Waals surface area contributed by atoms with Gasteiger partial charge in [-0.3, -0.25) is 9.59 Å². The van der Waals surface area contributed by atoms with Crippen LogP contribution >= 0.6 is 0 Å². The quantitative estimate of drug-likeness (QED) is 0.597. The van der Waals surface area contributed by atoms with Crippen molar-refractivity contribution >= 4 is 29.0 Å². The zero-order chi connectivity index (χ0) is 24.1. The molecule has 0 spiro atoms. The molecule has 2 unspecified atom stereocenters. The van der Waals surface area contributed by atoms with Gasteiger partial charge in [0.1, 0.15) is 5.82 Å². The molecule has 2 fully saturated rings.